The molecule has 0 spiro atoms. The van der Waals surface area contributed by atoms with E-state index in [0.717, 1.165) is 0 Å². The predicted molar refractivity (Wildman–Crippen MR) is 187 cm³/mol. The van der Waals surface area contributed by atoms with E-state index in [1.54, 1.807) is 10.9 Å². The van der Waals surface area contributed by atoms with Gasteiger partial charge >= 0.3 is 296 Å². The van der Waals surface area contributed by atoms with Crippen LogP contribution in [0.1, 0.15) is 59.4 Å². The zero-order valence-corrected chi connectivity index (χ0v) is 33.5. The van der Waals surface area contributed by atoms with Gasteiger partial charge in [-0.3, -0.25) is 0 Å². The molecule has 2 fully saturated rings. The Morgan fingerprint density at radius 1 is 0.880 bits per heavy atom. The van der Waals surface area contributed by atoms with Crippen molar-refractivity contribution in [3.8, 4) is 0 Å². The molecule has 20 heteroatoms. The van der Waals surface area contributed by atoms with Crippen molar-refractivity contribution in [2.24, 2.45) is 0 Å². The van der Waals surface area contributed by atoms with Gasteiger partial charge in [0.1, 0.15) is 0 Å². The number of hydrogen-bond acceptors (Lipinski definition) is 11. The average Bonchev–Trinajstić information content (AvgIpc) is 3.69. The van der Waals surface area contributed by atoms with Gasteiger partial charge in [0, 0.05) is 0 Å². The van der Waals surface area contributed by atoms with E-state index in [0.29, 0.717) is 11.2 Å². The van der Waals surface area contributed by atoms with Gasteiger partial charge in [0.2, 0.25) is 0 Å². The summed E-state index contributed by atoms with van der Waals surface area (Å²) < 4.78 is 111. The van der Waals surface area contributed by atoms with E-state index in [1.165, 1.54) is 6.33 Å². The average molecular weight is 786 g/mol. The number of nitrogen functional groups attached to an aromatic ring is 1. The molecule has 2 N–H and O–H groups in total. The van der Waals surface area contributed by atoms with Crippen molar-refractivity contribution in [1.29, 1.82) is 0 Å². The van der Waals surface area contributed by atoms with Crippen LogP contribution in [0.3, 0.4) is 0 Å². The third kappa shape index (κ3) is 7.24. The first-order valence-electron chi connectivity index (χ1n) is 16.0. The van der Waals surface area contributed by atoms with E-state index in [1.807, 2.05) is 0 Å². The Kier molecular flexibility index (Phi) is 10.7. The first kappa shape index (κ1) is 39.4. The summed E-state index contributed by atoms with van der Waals surface area (Å²) in [6.07, 6.45) is -1.93. The molecule has 2 aromatic heterocycles. The summed E-state index contributed by atoms with van der Waals surface area (Å²) in [5.41, 5.74) is 5.72. The van der Waals surface area contributed by atoms with Gasteiger partial charge in [-0.1, -0.05) is 0 Å². The number of benzene rings is 1. The van der Waals surface area contributed by atoms with Crippen molar-refractivity contribution >= 4 is 53.0 Å². The first-order chi connectivity index (χ1) is 22.9. The normalized spacial score (nSPS) is 25.5. The SMILES string of the molecule is CC(C)(C)[Si](C)(C)O[C@@H]1[C@H](O[Si](C)(C)C(C)(C)C)[C@@H](CO[PH]2(S)OCC(c3c(F)c(F)c(F)c(F)c3F)O2)O[C@H]1n1cnc2c(N)ncnc21. The van der Waals surface area contributed by atoms with E-state index in [-0.39, 0.29) is 22.5 Å². The topological polar surface area (TPSA) is 125 Å². The number of thiol groups is 1. The number of anilines is 1. The van der Waals surface area contributed by atoms with Gasteiger partial charge in [-0.15, -0.1) is 0 Å². The molecule has 1 aromatic carbocycles. The number of nitrogens with zero attached hydrogens (tertiary/aromatic N) is 4. The molecule has 2 aliphatic rings. The molecule has 5 atom stereocenters. The monoisotopic (exact) mass is 785 g/mol. The van der Waals surface area contributed by atoms with Gasteiger partial charge in [0.25, 0.3) is 0 Å². The second kappa shape index (κ2) is 13.6. The molecule has 50 heavy (non-hydrogen) atoms. The number of fused-ring (bicyclic) bond motifs is 1. The van der Waals surface area contributed by atoms with Crippen LogP contribution in [0.5, 0.6) is 0 Å². The standard InChI is InChI=1S/C30H45F5N5O6PSSi2/c1-29(2,3)49(7,8)45-24-16(12-42-47(48)41-11-15(44-47)17-18(31)20(33)22(35)21(34)19(17)32)43-28(25(24)46-50(9,10)30(4,5)6)40-14-39-23-26(36)37-13-38-27(23)40/h13-16,24-25,28,47-48H,11-12H2,1-10H3,(H2,36,37,38)/t15?,16-,24-,25-,28-/m1/s1. The van der Waals surface area contributed by atoms with Crippen molar-refractivity contribution in [2.75, 3.05) is 18.9 Å². The number of rotatable bonds is 9. The Bertz CT molecular complexity index is 1740. The van der Waals surface area contributed by atoms with E-state index < -0.39 is 95.7 Å². The number of imidazole rings is 1. The second-order valence-electron chi connectivity index (χ2n) is 15.6. The number of aromatic nitrogens is 4. The van der Waals surface area contributed by atoms with Crippen molar-refractivity contribution in [3.63, 3.8) is 0 Å². The fraction of sp³-hybridized carbons (Fsp3) is 0.633. The quantitative estimate of drug-likeness (QED) is 0.0552. The maximum atomic E-state index is 14.6. The zero-order valence-electron chi connectivity index (χ0n) is 29.6. The zero-order chi connectivity index (χ0) is 37.4. The Balaban J connectivity index is 1.51. The Labute approximate surface area is 295 Å². The van der Waals surface area contributed by atoms with Crippen LogP contribution in [-0.4, -0.2) is 67.7 Å². The second-order valence-corrected chi connectivity index (χ2v) is 28.6. The summed E-state index contributed by atoms with van der Waals surface area (Å²) >= 11 is 4.44. The molecule has 2 aliphatic heterocycles. The van der Waals surface area contributed by atoms with Crippen LogP contribution in [0.15, 0.2) is 12.7 Å². The number of nitrogens with two attached hydrogens (primary N) is 1. The molecule has 4 heterocycles. The van der Waals surface area contributed by atoms with Crippen LogP contribution >= 0.6 is 19.4 Å². The van der Waals surface area contributed by atoms with E-state index in [9.17, 15) is 22.0 Å². The van der Waals surface area contributed by atoms with E-state index in [2.05, 4.69) is 94.9 Å². The van der Waals surface area contributed by atoms with E-state index >= 15 is 0 Å². The molecular weight excluding hydrogens is 741 g/mol. The van der Waals surface area contributed by atoms with Crippen LogP contribution in [0, 0.1) is 29.1 Å². The molecule has 5 rings (SSSR count). The maximum absolute atomic E-state index is 14.6. The van der Waals surface area contributed by atoms with Crippen molar-refractivity contribution in [3.05, 3.63) is 47.3 Å². The third-order valence-electron chi connectivity index (χ3n) is 10.1. The minimum atomic E-state index is -4.05. The number of hydrogen-bond donors (Lipinski definition) is 2. The minimum absolute atomic E-state index is 0.185. The van der Waals surface area contributed by atoms with Gasteiger partial charge in [-0.2, -0.15) is 0 Å². The molecule has 1 unspecified atom stereocenters. The summed E-state index contributed by atoms with van der Waals surface area (Å²) in [4.78, 5) is 12.9. The molecule has 0 bridgehead atoms. The van der Waals surface area contributed by atoms with Gasteiger partial charge in [-0.25, -0.2) is 0 Å². The molecule has 2 saturated heterocycles. The van der Waals surface area contributed by atoms with Gasteiger partial charge < -0.3 is 0 Å². The molecule has 0 aliphatic carbocycles. The molecule has 0 radical (unpaired) electrons. The van der Waals surface area contributed by atoms with E-state index in [4.69, 9.17) is 32.9 Å². The third-order valence-corrected chi connectivity index (χ3v) is 21.8. The van der Waals surface area contributed by atoms with Crippen molar-refractivity contribution in [2.45, 2.75) is 108 Å². The molecule has 0 amide bonds. The molecule has 3 aromatic rings. The van der Waals surface area contributed by atoms with Crippen LogP contribution in [0.4, 0.5) is 27.8 Å². The first-order valence-corrected chi connectivity index (χ1v) is 24.9. The van der Waals surface area contributed by atoms with Gasteiger partial charge in [0.15, 0.2) is 0 Å². The molecule has 0 saturated carbocycles. The number of halogens is 5. The summed E-state index contributed by atoms with van der Waals surface area (Å²) in [6, 6.07) is 0. The summed E-state index contributed by atoms with van der Waals surface area (Å²) in [5.74, 6) is -10.3. The molecule has 11 nitrogen and oxygen atoms in total. The summed E-state index contributed by atoms with van der Waals surface area (Å²) in [6.45, 7) is 20.2. The van der Waals surface area contributed by atoms with Crippen molar-refractivity contribution < 1.29 is 49.1 Å². The number of ether oxygens (including phenoxy) is 1. The molecule has 280 valence electrons. The fourth-order valence-corrected chi connectivity index (χ4v) is 10.1. The van der Waals surface area contributed by atoms with Crippen LogP contribution < -0.4 is 5.73 Å². The Morgan fingerprint density at radius 3 is 1.98 bits per heavy atom. The Morgan fingerprint density at radius 2 is 1.42 bits per heavy atom. The molecular formula is C30H45F5N5O6PSSi2. The fourth-order valence-electron chi connectivity index (χ4n) is 5.16. The van der Waals surface area contributed by atoms with Crippen LogP contribution in [0.2, 0.25) is 36.3 Å². The van der Waals surface area contributed by atoms with Gasteiger partial charge in [0.05, 0.1) is 0 Å². The van der Waals surface area contributed by atoms with Crippen LogP contribution in [-0.2, 0) is 27.2 Å². The summed E-state index contributed by atoms with van der Waals surface area (Å²) in [7, 11) is -9.11. The predicted octanol–water partition coefficient (Wildman–Crippen LogP) is 7.93. The summed E-state index contributed by atoms with van der Waals surface area (Å²) in [5, 5.41) is -0.427. The Hall–Kier alpha value is -1.81. The van der Waals surface area contributed by atoms with Gasteiger partial charge in [-0.05, 0) is 0 Å². The van der Waals surface area contributed by atoms with Crippen LogP contribution in [0.25, 0.3) is 11.2 Å². The van der Waals surface area contributed by atoms with Crippen molar-refractivity contribution in [1.82, 2.24) is 19.5 Å².